The first-order valence-electron chi connectivity index (χ1n) is 11.9. The highest BCUT2D eigenvalue weighted by atomic mass is 35.5. The number of ether oxygens (including phenoxy) is 1. The van der Waals surface area contributed by atoms with E-state index in [9.17, 15) is 27.2 Å². The fourth-order valence-electron chi connectivity index (χ4n) is 4.87. The zero-order valence-corrected chi connectivity index (χ0v) is 21.0. The Labute approximate surface area is 216 Å². The smallest absolute Gasteiger partial charge is 0.405 e. The third-order valence-corrected chi connectivity index (χ3v) is 6.89. The Morgan fingerprint density at radius 2 is 1.81 bits per heavy atom. The minimum absolute atomic E-state index is 0.0483. The largest absolute Gasteiger partial charge is 0.478 e. The van der Waals surface area contributed by atoms with Gasteiger partial charge in [0.05, 0.1) is 10.6 Å². The number of halogens is 5. The van der Waals surface area contributed by atoms with Gasteiger partial charge in [-0.3, -0.25) is 9.59 Å². The van der Waals surface area contributed by atoms with Crippen molar-refractivity contribution in [2.45, 2.75) is 69.4 Å². The molecule has 2 aromatic rings. The molecule has 1 aromatic heterocycles. The molecule has 1 aromatic carbocycles. The van der Waals surface area contributed by atoms with E-state index in [4.69, 9.17) is 16.3 Å². The van der Waals surface area contributed by atoms with Gasteiger partial charge in [-0.1, -0.05) is 11.6 Å². The molecule has 2 saturated heterocycles. The molecule has 7 nitrogen and oxygen atoms in total. The molecular weight excluding hydrogens is 516 g/mol. The average molecular weight is 543 g/mol. The fraction of sp³-hybridized carbons (Fsp3) is 0.480. The SMILES string of the molecule is CC(C)(Oc1ccc(F)c(Cl)c1)C(=O)NC1CC2CCC(C1)N2c1ccc(C(=O)NCC(F)(F)F)cn1. The van der Waals surface area contributed by atoms with Crippen LogP contribution in [-0.2, 0) is 4.79 Å². The molecule has 2 fully saturated rings. The lowest BCUT2D eigenvalue weighted by Gasteiger charge is -2.40. The molecule has 2 atom stereocenters. The van der Waals surface area contributed by atoms with Crippen molar-refractivity contribution in [2.24, 2.45) is 0 Å². The van der Waals surface area contributed by atoms with Crippen molar-refractivity contribution in [3.05, 3.63) is 52.9 Å². The molecule has 2 bridgehead atoms. The van der Waals surface area contributed by atoms with Crippen LogP contribution >= 0.6 is 11.6 Å². The molecule has 0 saturated carbocycles. The number of carbonyl (C=O) groups is 2. The topological polar surface area (TPSA) is 83.6 Å². The number of alkyl halides is 3. The second kappa shape index (κ2) is 10.4. The summed E-state index contributed by atoms with van der Waals surface area (Å²) >= 11 is 5.81. The number of piperidine rings is 1. The highest BCUT2D eigenvalue weighted by Crippen LogP contribution is 2.39. The number of anilines is 1. The maximum absolute atomic E-state index is 13.4. The molecule has 2 amide bonds. The highest BCUT2D eigenvalue weighted by Gasteiger charge is 2.43. The standard InChI is InChI=1S/C25H27ClF4N4O3/c1-24(2,37-18-6-7-20(27)19(26)11-18)23(36)33-15-9-16-4-5-17(10-15)34(16)21-8-3-14(12-31-21)22(35)32-13-25(28,29)30/h3,6-8,11-12,15-17H,4-5,9-10,13H2,1-2H3,(H,32,35)(H,33,36). The monoisotopic (exact) mass is 542 g/mol. The van der Waals surface area contributed by atoms with Crippen LogP contribution in [0.25, 0.3) is 0 Å². The van der Waals surface area contributed by atoms with Crippen LogP contribution in [0.5, 0.6) is 5.75 Å². The molecule has 2 aliphatic rings. The lowest BCUT2D eigenvalue weighted by Crippen LogP contribution is -2.55. The molecular formula is C25H27ClF4N4O3. The molecule has 0 spiro atoms. The lowest BCUT2D eigenvalue weighted by molar-refractivity contribution is -0.135. The quantitative estimate of drug-likeness (QED) is 0.498. The van der Waals surface area contributed by atoms with E-state index in [1.807, 2.05) is 5.32 Å². The van der Waals surface area contributed by atoms with Gasteiger partial charge in [-0.25, -0.2) is 9.37 Å². The van der Waals surface area contributed by atoms with Crippen LogP contribution in [0.2, 0.25) is 5.02 Å². The Hall–Kier alpha value is -3.08. The molecule has 0 aliphatic carbocycles. The Morgan fingerprint density at radius 3 is 2.38 bits per heavy atom. The number of rotatable bonds is 7. The number of carbonyl (C=O) groups excluding carboxylic acids is 2. The summed E-state index contributed by atoms with van der Waals surface area (Å²) in [5.41, 5.74) is -1.17. The number of amides is 2. The van der Waals surface area contributed by atoms with Crippen molar-refractivity contribution in [1.82, 2.24) is 15.6 Å². The van der Waals surface area contributed by atoms with Gasteiger partial charge in [0, 0.05) is 30.4 Å². The number of fused-ring (bicyclic) bond motifs is 2. The lowest BCUT2D eigenvalue weighted by atomic mass is 9.96. The highest BCUT2D eigenvalue weighted by molar-refractivity contribution is 6.30. The zero-order valence-electron chi connectivity index (χ0n) is 20.2. The van der Waals surface area contributed by atoms with Crippen LogP contribution in [0.1, 0.15) is 49.9 Å². The van der Waals surface area contributed by atoms with E-state index in [1.54, 1.807) is 19.9 Å². The van der Waals surface area contributed by atoms with Crippen molar-refractivity contribution >= 4 is 29.2 Å². The van der Waals surface area contributed by atoms with Crippen molar-refractivity contribution in [2.75, 3.05) is 11.4 Å². The number of benzene rings is 1. The maximum Gasteiger partial charge on any atom is 0.405 e. The number of hydrogen-bond donors (Lipinski definition) is 2. The minimum Gasteiger partial charge on any atom is -0.478 e. The number of nitrogens with zero attached hydrogens (tertiary/aromatic N) is 2. The second-order valence-electron chi connectivity index (χ2n) is 9.83. The van der Waals surface area contributed by atoms with Gasteiger partial charge in [-0.05, 0) is 63.8 Å². The minimum atomic E-state index is -4.49. The molecule has 2 aliphatic heterocycles. The Morgan fingerprint density at radius 1 is 1.14 bits per heavy atom. The molecule has 2 unspecified atom stereocenters. The molecule has 0 radical (unpaired) electrons. The van der Waals surface area contributed by atoms with Gasteiger partial charge in [0.2, 0.25) is 0 Å². The van der Waals surface area contributed by atoms with Gasteiger partial charge in [0.25, 0.3) is 11.8 Å². The van der Waals surface area contributed by atoms with E-state index in [0.717, 1.165) is 12.8 Å². The summed E-state index contributed by atoms with van der Waals surface area (Å²) in [5.74, 6) is -0.802. The van der Waals surface area contributed by atoms with E-state index in [-0.39, 0.29) is 40.4 Å². The van der Waals surface area contributed by atoms with E-state index >= 15 is 0 Å². The van der Waals surface area contributed by atoms with Gasteiger partial charge >= 0.3 is 6.18 Å². The third-order valence-electron chi connectivity index (χ3n) is 6.60. The third kappa shape index (κ3) is 6.44. The van der Waals surface area contributed by atoms with E-state index in [2.05, 4.69) is 15.2 Å². The summed E-state index contributed by atoms with van der Waals surface area (Å²) in [6, 6.07) is 7.14. The average Bonchev–Trinajstić information content (AvgIpc) is 3.09. The van der Waals surface area contributed by atoms with Gasteiger partial charge in [0.15, 0.2) is 5.60 Å². The predicted octanol–water partition coefficient (Wildman–Crippen LogP) is 4.64. The van der Waals surface area contributed by atoms with Gasteiger partial charge in [-0.15, -0.1) is 0 Å². The van der Waals surface area contributed by atoms with Crippen molar-refractivity contribution in [3.8, 4) is 5.75 Å². The van der Waals surface area contributed by atoms with Crippen LogP contribution in [-0.4, -0.2) is 53.2 Å². The summed E-state index contributed by atoms with van der Waals surface area (Å²) in [7, 11) is 0. The van der Waals surface area contributed by atoms with E-state index in [0.29, 0.717) is 18.7 Å². The Balaban J connectivity index is 1.35. The zero-order chi connectivity index (χ0) is 27.0. The van der Waals surface area contributed by atoms with Crippen LogP contribution in [0.15, 0.2) is 36.5 Å². The second-order valence-corrected chi connectivity index (χ2v) is 10.2. The molecule has 200 valence electrons. The number of hydrogen-bond acceptors (Lipinski definition) is 5. The summed E-state index contributed by atoms with van der Waals surface area (Å²) in [6.45, 7) is 1.84. The van der Waals surface area contributed by atoms with Crippen LogP contribution in [0.4, 0.5) is 23.4 Å². The molecule has 3 heterocycles. The Kier molecular flexibility index (Phi) is 7.55. The number of pyridine rings is 1. The van der Waals surface area contributed by atoms with Crippen molar-refractivity contribution in [3.63, 3.8) is 0 Å². The van der Waals surface area contributed by atoms with E-state index < -0.39 is 30.0 Å². The van der Waals surface area contributed by atoms with Crippen molar-refractivity contribution in [1.29, 1.82) is 0 Å². The van der Waals surface area contributed by atoms with Crippen LogP contribution in [0, 0.1) is 5.82 Å². The van der Waals surface area contributed by atoms with Crippen LogP contribution < -0.4 is 20.3 Å². The van der Waals surface area contributed by atoms with E-state index in [1.165, 1.54) is 30.5 Å². The first-order valence-corrected chi connectivity index (χ1v) is 12.2. The van der Waals surface area contributed by atoms with Crippen LogP contribution in [0.3, 0.4) is 0 Å². The first kappa shape index (κ1) is 27.0. The van der Waals surface area contributed by atoms with Gasteiger partial charge < -0.3 is 20.3 Å². The normalized spacial score (nSPS) is 21.5. The summed E-state index contributed by atoms with van der Waals surface area (Å²) in [6.07, 6.45) is -0.0542. The first-order chi connectivity index (χ1) is 17.3. The summed E-state index contributed by atoms with van der Waals surface area (Å²) in [5, 5.41) is 4.80. The predicted molar refractivity (Wildman–Crippen MR) is 129 cm³/mol. The molecule has 4 rings (SSSR count). The van der Waals surface area contributed by atoms with Gasteiger partial charge in [0.1, 0.15) is 23.9 Å². The summed E-state index contributed by atoms with van der Waals surface area (Å²) in [4.78, 5) is 31.5. The van der Waals surface area contributed by atoms with Crippen molar-refractivity contribution < 1.29 is 31.9 Å². The van der Waals surface area contributed by atoms with Gasteiger partial charge in [-0.2, -0.15) is 13.2 Å². The molecule has 12 heteroatoms. The Bertz CT molecular complexity index is 1150. The molecule has 2 N–H and O–H groups in total. The number of aromatic nitrogens is 1. The molecule has 37 heavy (non-hydrogen) atoms. The summed E-state index contributed by atoms with van der Waals surface area (Å²) < 4.78 is 56.3. The number of nitrogens with one attached hydrogen (secondary N) is 2. The maximum atomic E-state index is 13.4. The fourth-order valence-corrected chi connectivity index (χ4v) is 5.04.